The Morgan fingerprint density at radius 3 is 2.52 bits per heavy atom. The van der Waals surface area contributed by atoms with E-state index in [0.717, 1.165) is 25.7 Å². The number of aliphatic hydroxyl groups is 1. The summed E-state index contributed by atoms with van der Waals surface area (Å²) < 4.78 is 10.7. The molecular weight excluding hydrogens is 276 g/mol. The van der Waals surface area contributed by atoms with Crippen LogP contribution in [0.25, 0.3) is 0 Å². The van der Waals surface area contributed by atoms with Gasteiger partial charge in [-0.15, -0.1) is 0 Å². The molecule has 7 heteroatoms. The van der Waals surface area contributed by atoms with Crippen molar-refractivity contribution in [2.45, 2.75) is 32.2 Å². The first kappa shape index (κ1) is 17.2. The number of hydrogen-bond acceptors (Lipinski definition) is 6. The van der Waals surface area contributed by atoms with Crippen LogP contribution < -0.4 is 15.2 Å². The Hall–Kier alpha value is -1.86. The third-order valence-electron chi connectivity index (χ3n) is 3.09. The fourth-order valence-corrected chi connectivity index (χ4v) is 1.95. The number of nitro benzene ring substituents is 1. The van der Waals surface area contributed by atoms with E-state index in [4.69, 9.17) is 20.3 Å². The van der Waals surface area contributed by atoms with Crippen LogP contribution in [-0.4, -0.2) is 30.4 Å². The lowest BCUT2D eigenvalue weighted by molar-refractivity contribution is -0.385. The van der Waals surface area contributed by atoms with Crippen LogP contribution in [0.4, 0.5) is 5.69 Å². The number of methoxy groups -OCH3 is 1. The van der Waals surface area contributed by atoms with Crippen molar-refractivity contribution in [2.24, 2.45) is 5.73 Å². The molecule has 118 valence electrons. The molecule has 0 bridgehead atoms. The molecule has 0 heterocycles. The molecular formula is C14H22N2O5. The minimum atomic E-state index is -0.476. The molecule has 1 rings (SSSR count). The van der Waals surface area contributed by atoms with E-state index in [1.807, 2.05) is 0 Å². The number of ether oxygens (including phenoxy) is 2. The standard InChI is InChI=1S/C14H22N2O5/c1-20-13-8-11(10-15)12(16(18)19)9-14(13)21-7-5-3-2-4-6-17/h8-9,17H,2-7,10,15H2,1H3. The van der Waals surface area contributed by atoms with Crippen LogP contribution in [0, 0.1) is 10.1 Å². The van der Waals surface area contributed by atoms with Gasteiger partial charge in [0.25, 0.3) is 5.69 Å². The van der Waals surface area contributed by atoms with Gasteiger partial charge in [0.1, 0.15) is 0 Å². The molecule has 7 nitrogen and oxygen atoms in total. The summed E-state index contributed by atoms with van der Waals surface area (Å²) in [6.45, 7) is 0.705. The molecule has 0 unspecified atom stereocenters. The van der Waals surface area contributed by atoms with E-state index < -0.39 is 4.92 Å². The van der Waals surface area contributed by atoms with E-state index in [9.17, 15) is 10.1 Å². The van der Waals surface area contributed by atoms with Gasteiger partial charge in [-0.25, -0.2) is 0 Å². The zero-order valence-corrected chi connectivity index (χ0v) is 12.2. The third-order valence-corrected chi connectivity index (χ3v) is 3.09. The lowest BCUT2D eigenvalue weighted by atomic mass is 10.1. The Labute approximate surface area is 123 Å². The largest absolute Gasteiger partial charge is 0.493 e. The molecule has 0 aliphatic rings. The number of nitrogens with two attached hydrogens (primary N) is 1. The molecule has 0 radical (unpaired) electrons. The highest BCUT2D eigenvalue weighted by Crippen LogP contribution is 2.34. The van der Waals surface area contributed by atoms with Crippen molar-refractivity contribution >= 4 is 5.69 Å². The normalized spacial score (nSPS) is 10.4. The van der Waals surface area contributed by atoms with Gasteiger partial charge < -0.3 is 20.3 Å². The van der Waals surface area contributed by atoms with Crippen LogP contribution in [0.15, 0.2) is 12.1 Å². The number of unbranched alkanes of at least 4 members (excludes halogenated alkanes) is 3. The minimum Gasteiger partial charge on any atom is -0.493 e. The van der Waals surface area contributed by atoms with E-state index in [1.165, 1.54) is 13.2 Å². The summed E-state index contributed by atoms with van der Waals surface area (Å²) in [7, 11) is 1.48. The number of nitrogens with zero attached hydrogens (tertiary/aromatic N) is 1. The molecule has 0 amide bonds. The monoisotopic (exact) mass is 298 g/mol. The van der Waals surface area contributed by atoms with Gasteiger partial charge >= 0.3 is 0 Å². The maximum Gasteiger partial charge on any atom is 0.277 e. The van der Waals surface area contributed by atoms with E-state index >= 15 is 0 Å². The molecule has 1 aromatic rings. The number of benzene rings is 1. The van der Waals surface area contributed by atoms with Crippen molar-refractivity contribution in [1.82, 2.24) is 0 Å². The van der Waals surface area contributed by atoms with Crippen molar-refractivity contribution in [3.8, 4) is 11.5 Å². The second-order valence-electron chi connectivity index (χ2n) is 4.58. The van der Waals surface area contributed by atoms with Crippen LogP contribution in [0.3, 0.4) is 0 Å². The Morgan fingerprint density at radius 2 is 1.95 bits per heavy atom. The van der Waals surface area contributed by atoms with Gasteiger partial charge in [0.15, 0.2) is 11.5 Å². The Bertz CT molecular complexity index is 465. The van der Waals surface area contributed by atoms with Crippen molar-refractivity contribution < 1.29 is 19.5 Å². The molecule has 21 heavy (non-hydrogen) atoms. The second-order valence-corrected chi connectivity index (χ2v) is 4.58. The van der Waals surface area contributed by atoms with Gasteiger partial charge in [-0.05, 0) is 25.3 Å². The van der Waals surface area contributed by atoms with E-state index in [0.29, 0.717) is 23.7 Å². The smallest absolute Gasteiger partial charge is 0.277 e. The SMILES string of the molecule is COc1cc(CN)c([N+](=O)[O-])cc1OCCCCCCO. The zero-order valence-electron chi connectivity index (χ0n) is 12.2. The summed E-state index contributed by atoms with van der Waals surface area (Å²) in [5, 5.41) is 19.7. The number of nitro groups is 1. The fourth-order valence-electron chi connectivity index (χ4n) is 1.95. The number of rotatable bonds is 10. The Balaban J connectivity index is 2.71. The van der Waals surface area contributed by atoms with E-state index in [-0.39, 0.29) is 18.8 Å². The molecule has 0 aliphatic heterocycles. The average molecular weight is 298 g/mol. The van der Waals surface area contributed by atoms with Gasteiger partial charge in [-0.1, -0.05) is 6.42 Å². The second kappa shape index (κ2) is 9.15. The maximum absolute atomic E-state index is 11.0. The first-order chi connectivity index (χ1) is 10.1. The lowest BCUT2D eigenvalue weighted by Gasteiger charge is -2.12. The van der Waals surface area contributed by atoms with Crippen molar-refractivity contribution in [3.63, 3.8) is 0 Å². The molecule has 3 N–H and O–H groups in total. The Morgan fingerprint density at radius 1 is 1.24 bits per heavy atom. The van der Waals surface area contributed by atoms with Gasteiger partial charge in [-0.2, -0.15) is 0 Å². The van der Waals surface area contributed by atoms with Crippen LogP contribution in [0.5, 0.6) is 11.5 Å². The fraction of sp³-hybridized carbons (Fsp3) is 0.571. The quantitative estimate of drug-likeness (QED) is 0.388. The van der Waals surface area contributed by atoms with Crippen LogP contribution in [0.2, 0.25) is 0 Å². The summed E-state index contributed by atoms with van der Waals surface area (Å²) in [6.07, 6.45) is 3.46. The van der Waals surface area contributed by atoms with Crippen molar-refractivity contribution in [3.05, 3.63) is 27.8 Å². The van der Waals surface area contributed by atoms with Gasteiger partial charge in [0.2, 0.25) is 0 Å². The number of aliphatic hydroxyl groups excluding tert-OH is 1. The molecule has 0 aromatic heterocycles. The highest BCUT2D eigenvalue weighted by atomic mass is 16.6. The highest BCUT2D eigenvalue weighted by molar-refractivity contribution is 5.54. The van der Waals surface area contributed by atoms with Crippen molar-refractivity contribution in [1.29, 1.82) is 0 Å². The highest BCUT2D eigenvalue weighted by Gasteiger charge is 2.18. The summed E-state index contributed by atoms with van der Waals surface area (Å²) in [4.78, 5) is 10.5. The molecule has 0 spiro atoms. The van der Waals surface area contributed by atoms with Gasteiger partial charge in [-0.3, -0.25) is 10.1 Å². The predicted octanol–water partition coefficient (Wildman–Crippen LogP) is 1.99. The van der Waals surface area contributed by atoms with Crippen molar-refractivity contribution in [2.75, 3.05) is 20.3 Å². The molecule has 0 saturated heterocycles. The molecule has 0 aliphatic carbocycles. The molecule has 0 fully saturated rings. The topological polar surface area (TPSA) is 108 Å². The Kier molecular flexibility index (Phi) is 7.49. The number of hydrogen-bond donors (Lipinski definition) is 2. The zero-order chi connectivity index (χ0) is 15.7. The summed E-state index contributed by atoms with van der Waals surface area (Å²) in [6, 6.07) is 2.90. The lowest BCUT2D eigenvalue weighted by Crippen LogP contribution is -2.05. The van der Waals surface area contributed by atoms with Crippen LogP contribution >= 0.6 is 0 Å². The average Bonchev–Trinajstić information content (AvgIpc) is 2.49. The van der Waals surface area contributed by atoms with Crippen LogP contribution in [-0.2, 0) is 6.54 Å². The summed E-state index contributed by atoms with van der Waals surface area (Å²) in [5.74, 6) is 0.792. The molecule has 1 aromatic carbocycles. The molecule has 0 atom stereocenters. The van der Waals surface area contributed by atoms with Gasteiger partial charge in [0.05, 0.1) is 24.7 Å². The van der Waals surface area contributed by atoms with E-state index in [1.54, 1.807) is 6.07 Å². The first-order valence-electron chi connectivity index (χ1n) is 6.93. The molecule has 0 saturated carbocycles. The third kappa shape index (κ3) is 5.20. The van der Waals surface area contributed by atoms with Gasteiger partial charge in [0, 0.05) is 18.7 Å². The van der Waals surface area contributed by atoms with Crippen LogP contribution in [0.1, 0.15) is 31.2 Å². The minimum absolute atomic E-state index is 0.0615. The maximum atomic E-state index is 11.0. The summed E-state index contributed by atoms with van der Waals surface area (Å²) in [5.41, 5.74) is 5.86. The predicted molar refractivity (Wildman–Crippen MR) is 78.6 cm³/mol. The first-order valence-corrected chi connectivity index (χ1v) is 6.93. The van der Waals surface area contributed by atoms with E-state index in [2.05, 4.69) is 0 Å². The summed E-state index contributed by atoms with van der Waals surface area (Å²) >= 11 is 0.